The molecule has 168 valence electrons. The lowest BCUT2D eigenvalue weighted by molar-refractivity contribution is 0.0691. The number of hydrogen-bond acceptors (Lipinski definition) is 6. The Labute approximate surface area is 193 Å². The molecule has 7 heteroatoms. The van der Waals surface area contributed by atoms with Crippen LogP contribution in [-0.4, -0.2) is 49.4 Å². The van der Waals surface area contributed by atoms with Crippen LogP contribution >= 0.6 is 11.8 Å². The number of methoxy groups -OCH3 is 2. The van der Waals surface area contributed by atoms with E-state index < -0.39 is 0 Å². The third kappa shape index (κ3) is 4.63. The second-order valence-corrected chi connectivity index (χ2v) is 8.99. The summed E-state index contributed by atoms with van der Waals surface area (Å²) in [6.45, 7) is 3.77. The molecule has 1 aliphatic rings. The second kappa shape index (κ2) is 9.69. The van der Waals surface area contributed by atoms with Gasteiger partial charge in [-0.05, 0) is 55.3 Å². The monoisotopic (exact) mass is 451 g/mol. The van der Waals surface area contributed by atoms with Crippen LogP contribution in [0.3, 0.4) is 0 Å². The normalized spacial score (nSPS) is 14.4. The van der Waals surface area contributed by atoms with Gasteiger partial charge in [-0.25, -0.2) is 4.98 Å². The molecule has 1 N–H and O–H groups in total. The Morgan fingerprint density at radius 3 is 2.50 bits per heavy atom. The molecular formula is C25H29N3O3S. The minimum Gasteiger partial charge on any atom is -0.493 e. The number of likely N-dealkylation sites (tertiary alicyclic amines) is 1. The summed E-state index contributed by atoms with van der Waals surface area (Å²) in [7, 11) is 3.21. The summed E-state index contributed by atoms with van der Waals surface area (Å²) >= 11 is 1.69. The van der Waals surface area contributed by atoms with Gasteiger partial charge in [0.2, 0.25) is 0 Å². The molecule has 32 heavy (non-hydrogen) atoms. The van der Waals surface area contributed by atoms with Crippen LogP contribution in [0.15, 0.2) is 47.4 Å². The molecule has 1 amide bonds. The number of fused-ring (bicyclic) bond motifs is 1. The van der Waals surface area contributed by atoms with Crippen LogP contribution in [0.2, 0.25) is 0 Å². The van der Waals surface area contributed by atoms with E-state index in [9.17, 15) is 4.79 Å². The standard InChI is InChI=1S/C25H29N3O3S/c1-16-8-10-28(11-9-16)25(29)22-14-20(26-17-6-5-7-18(12-17)32-4)19-13-23(30-2)24(31-3)15-21(19)27-22/h5-7,12-16H,8-11H2,1-4H3,(H,26,27). The number of ether oxygens (including phenoxy) is 2. The lowest BCUT2D eigenvalue weighted by Crippen LogP contribution is -2.38. The number of nitrogens with one attached hydrogen (secondary N) is 1. The van der Waals surface area contributed by atoms with E-state index in [1.165, 1.54) is 0 Å². The maximum absolute atomic E-state index is 13.3. The molecule has 1 fully saturated rings. The van der Waals surface area contributed by atoms with E-state index in [0.717, 1.165) is 47.6 Å². The summed E-state index contributed by atoms with van der Waals surface area (Å²) in [5, 5.41) is 4.36. The predicted molar refractivity (Wildman–Crippen MR) is 131 cm³/mol. The molecule has 0 spiro atoms. The third-order valence-corrected chi connectivity index (χ3v) is 6.68. The Morgan fingerprint density at radius 2 is 1.81 bits per heavy atom. The van der Waals surface area contributed by atoms with Gasteiger partial charge in [-0.1, -0.05) is 13.0 Å². The van der Waals surface area contributed by atoms with Gasteiger partial charge in [0.25, 0.3) is 5.91 Å². The quantitative estimate of drug-likeness (QED) is 0.493. The van der Waals surface area contributed by atoms with E-state index in [-0.39, 0.29) is 5.91 Å². The van der Waals surface area contributed by atoms with Gasteiger partial charge in [0.15, 0.2) is 11.5 Å². The van der Waals surface area contributed by atoms with Gasteiger partial charge >= 0.3 is 0 Å². The van der Waals surface area contributed by atoms with E-state index in [0.29, 0.717) is 28.6 Å². The number of rotatable bonds is 6. The van der Waals surface area contributed by atoms with Crippen molar-refractivity contribution in [2.75, 3.05) is 38.9 Å². The number of carbonyl (C=O) groups is 1. The summed E-state index contributed by atoms with van der Waals surface area (Å²) in [6.07, 6.45) is 4.10. The molecule has 2 aromatic carbocycles. The molecule has 2 heterocycles. The highest BCUT2D eigenvalue weighted by Crippen LogP contribution is 2.36. The highest BCUT2D eigenvalue weighted by atomic mass is 32.2. The fourth-order valence-electron chi connectivity index (χ4n) is 4.00. The van der Waals surface area contributed by atoms with Crippen molar-refractivity contribution < 1.29 is 14.3 Å². The van der Waals surface area contributed by atoms with E-state index in [1.54, 1.807) is 26.0 Å². The average molecular weight is 452 g/mol. The summed E-state index contributed by atoms with van der Waals surface area (Å²) < 4.78 is 11.0. The number of benzene rings is 2. The van der Waals surface area contributed by atoms with Crippen molar-refractivity contribution >= 4 is 39.9 Å². The number of amides is 1. The van der Waals surface area contributed by atoms with Gasteiger partial charge in [-0.15, -0.1) is 11.8 Å². The van der Waals surface area contributed by atoms with Crippen LogP contribution in [0.4, 0.5) is 11.4 Å². The number of nitrogens with zero attached hydrogens (tertiary/aromatic N) is 2. The van der Waals surface area contributed by atoms with Crippen LogP contribution in [-0.2, 0) is 0 Å². The molecule has 0 saturated carbocycles. The van der Waals surface area contributed by atoms with Crippen molar-refractivity contribution in [3.05, 3.63) is 48.2 Å². The molecule has 4 rings (SSSR count). The first kappa shape index (κ1) is 22.3. The Hall–Kier alpha value is -2.93. The van der Waals surface area contributed by atoms with E-state index in [2.05, 4.69) is 24.4 Å². The van der Waals surface area contributed by atoms with Crippen LogP contribution < -0.4 is 14.8 Å². The van der Waals surface area contributed by atoms with E-state index in [4.69, 9.17) is 14.5 Å². The number of aromatic nitrogens is 1. The van der Waals surface area contributed by atoms with Crippen LogP contribution in [0.1, 0.15) is 30.3 Å². The van der Waals surface area contributed by atoms with E-state index in [1.807, 2.05) is 41.5 Å². The molecule has 6 nitrogen and oxygen atoms in total. The minimum absolute atomic E-state index is 0.0329. The number of pyridine rings is 1. The van der Waals surface area contributed by atoms with Gasteiger partial charge in [-0.2, -0.15) is 0 Å². The lowest BCUT2D eigenvalue weighted by atomic mass is 9.99. The van der Waals surface area contributed by atoms with E-state index >= 15 is 0 Å². The SMILES string of the molecule is COc1cc2nc(C(=O)N3CCC(C)CC3)cc(Nc3cccc(SC)c3)c2cc1OC. The summed E-state index contributed by atoms with van der Waals surface area (Å²) in [5.74, 6) is 1.82. The predicted octanol–water partition coefficient (Wildman–Crippen LogP) is 5.59. The zero-order valence-corrected chi connectivity index (χ0v) is 19.8. The van der Waals surface area contributed by atoms with Gasteiger partial charge in [0, 0.05) is 35.1 Å². The van der Waals surface area contributed by atoms with Gasteiger partial charge in [0.05, 0.1) is 25.4 Å². The largest absolute Gasteiger partial charge is 0.493 e. The van der Waals surface area contributed by atoms with Gasteiger partial charge in [-0.3, -0.25) is 4.79 Å². The molecule has 0 radical (unpaired) electrons. The number of thioether (sulfide) groups is 1. The van der Waals surface area contributed by atoms with Gasteiger partial charge in [0.1, 0.15) is 5.69 Å². The van der Waals surface area contributed by atoms with Crippen LogP contribution in [0, 0.1) is 5.92 Å². The molecule has 1 saturated heterocycles. The highest BCUT2D eigenvalue weighted by Gasteiger charge is 2.24. The Morgan fingerprint density at radius 1 is 1.09 bits per heavy atom. The molecule has 0 unspecified atom stereocenters. The van der Waals surface area contributed by atoms with Crippen molar-refractivity contribution in [2.45, 2.75) is 24.7 Å². The molecule has 0 atom stereocenters. The van der Waals surface area contributed by atoms with Crippen LogP contribution in [0.25, 0.3) is 10.9 Å². The number of anilines is 2. The third-order valence-electron chi connectivity index (χ3n) is 5.95. The molecular weight excluding hydrogens is 422 g/mol. The molecule has 0 bridgehead atoms. The highest BCUT2D eigenvalue weighted by molar-refractivity contribution is 7.98. The maximum Gasteiger partial charge on any atom is 0.272 e. The van der Waals surface area contributed by atoms with Crippen molar-refractivity contribution in [2.24, 2.45) is 5.92 Å². The van der Waals surface area contributed by atoms with Crippen molar-refractivity contribution in [3.8, 4) is 11.5 Å². The Bertz CT molecular complexity index is 1130. The fourth-order valence-corrected chi connectivity index (χ4v) is 4.46. The zero-order valence-electron chi connectivity index (χ0n) is 19.0. The first-order valence-corrected chi connectivity index (χ1v) is 12.0. The Kier molecular flexibility index (Phi) is 6.74. The zero-order chi connectivity index (χ0) is 22.7. The minimum atomic E-state index is -0.0329. The molecule has 3 aromatic rings. The second-order valence-electron chi connectivity index (χ2n) is 8.11. The van der Waals surface area contributed by atoms with Crippen molar-refractivity contribution in [1.82, 2.24) is 9.88 Å². The number of piperidine rings is 1. The first-order valence-electron chi connectivity index (χ1n) is 10.8. The smallest absolute Gasteiger partial charge is 0.272 e. The summed E-state index contributed by atoms with van der Waals surface area (Å²) in [5.41, 5.74) is 2.87. The van der Waals surface area contributed by atoms with Crippen molar-refractivity contribution in [1.29, 1.82) is 0 Å². The average Bonchev–Trinajstić information content (AvgIpc) is 2.83. The van der Waals surface area contributed by atoms with Crippen molar-refractivity contribution in [3.63, 3.8) is 0 Å². The summed E-state index contributed by atoms with van der Waals surface area (Å²) in [6, 6.07) is 13.8. The maximum atomic E-state index is 13.3. The topological polar surface area (TPSA) is 63.7 Å². The number of hydrogen-bond donors (Lipinski definition) is 1. The van der Waals surface area contributed by atoms with Gasteiger partial charge < -0.3 is 19.7 Å². The van der Waals surface area contributed by atoms with Crippen LogP contribution in [0.5, 0.6) is 11.5 Å². The summed E-state index contributed by atoms with van der Waals surface area (Å²) in [4.78, 5) is 21.1. The first-order chi connectivity index (χ1) is 15.5. The number of carbonyl (C=O) groups excluding carboxylic acids is 1. The molecule has 0 aliphatic carbocycles. The molecule has 1 aliphatic heterocycles. The molecule has 1 aromatic heterocycles. The fraction of sp³-hybridized carbons (Fsp3) is 0.360. The Balaban J connectivity index is 1.80. The lowest BCUT2D eigenvalue weighted by Gasteiger charge is -2.30.